The van der Waals surface area contributed by atoms with Gasteiger partial charge in [0.2, 0.25) is 0 Å². The molecule has 0 heterocycles. The van der Waals surface area contributed by atoms with E-state index in [1.807, 2.05) is 0 Å². The SMILES string of the molecule is C=C(CC(C)C)C(C)O. The zero-order valence-corrected chi connectivity index (χ0v) is 6.52. The van der Waals surface area contributed by atoms with Crippen molar-refractivity contribution in [3.63, 3.8) is 0 Å². The van der Waals surface area contributed by atoms with Gasteiger partial charge in [-0.2, -0.15) is 0 Å². The average molecular weight is 128 g/mol. The summed E-state index contributed by atoms with van der Waals surface area (Å²) in [5.74, 6) is 0.604. The molecule has 54 valence electrons. The van der Waals surface area contributed by atoms with Crippen LogP contribution in [0.15, 0.2) is 12.2 Å². The number of rotatable bonds is 3. The van der Waals surface area contributed by atoms with Crippen LogP contribution in [0.3, 0.4) is 0 Å². The van der Waals surface area contributed by atoms with Crippen LogP contribution in [0.2, 0.25) is 0 Å². The molecular weight excluding hydrogens is 112 g/mol. The van der Waals surface area contributed by atoms with Gasteiger partial charge in [0.05, 0.1) is 6.10 Å². The molecule has 1 heteroatoms. The fourth-order valence-electron chi connectivity index (χ4n) is 0.695. The van der Waals surface area contributed by atoms with Crippen molar-refractivity contribution in [3.05, 3.63) is 12.2 Å². The molecule has 0 aliphatic rings. The van der Waals surface area contributed by atoms with Gasteiger partial charge in [0.1, 0.15) is 0 Å². The maximum Gasteiger partial charge on any atom is 0.0719 e. The summed E-state index contributed by atoms with van der Waals surface area (Å²) < 4.78 is 0. The second-order valence-corrected chi connectivity index (χ2v) is 2.93. The summed E-state index contributed by atoms with van der Waals surface area (Å²) in [6.07, 6.45) is 0.588. The van der Waals surface area contributed by atoms with Crippen LogP contribution in [0, 0.1) is 5.92 Å². The van der Waals surface area contributed by atoms with E-state index in [9.17, 15) is 0 Å². The van der Waals surface area contributed by atoms with E-state index in [4.69, 9.17) is 5.11 Å². The van der Waals surface area contributed by atoms with Crippen molar-refractivity contribution < 1.29 is 5.11 Å². The van der Waals surface area contributed by atoms with Crippen LogP contribution in [-0.4, -0.2) is 11.2 Å². The zero-order valence-electron chi connectivity index (χ0n) is 6.52. The average Bonchev–Trinajstić information content (AvgIpc) is 1.63. The molecule has 0 saturated carbocycles. The Hall–Kier alpha value is -0.300. The molecule has 1 N–H and O–H groups in total. The van der Waals surface area contributed by atoms with Crippen molar-refractivity contribution >= 4 is 0 Å². The summed E-state index contributed by atoms with van der Waals surface area (Å²) in [4.78, 5) is 0. The molecule has 0 aromatic carbocycles. The summed E-state index contributed by atoms with van der Waals surface area (Å²) in [7, 11) is 0. The molecule has 0 saturated heterocycles. The van der Waals surface area contributed by atoms with E-state index in [-0.39, 0.29) is 6.10 Å². The Morgan fingerprint density at radius 1 is 1.44 bits per heavy atom. The van der Waals surface area contributed by atoms with E-state index in [0.29, 0.717) is 5.92 Å². The monoisotopic (exact) mass is 128 g/mol. The molecule has 9 heavy (non-hydrogen) atoms. The van der Waals surface area contributed by atoms with Crippen LogP contribution in [0.1, 0.15) is 27.2 Å². The molecular formula is C8H16O. The Bertz CT molecular complexity index is 92.7. The van der Waals surface area contributed by atoms with E-state index in [0.717, 1.165) is 12.0 Å². The number of aliphatic hydroxyl groups excluding tert-OH is 1. The van der Waals surface area contributed by atoms with E-state index in [1.54, 1.807) is 6.92 Å². The lowest BCUT2D eigenvalue weighted by atomic mass is 10.0. The molecule has 0 bridgehead atoms. The molecule has 0 aliphatic heterocycles. The molecule has 0 aliphatic carbocycles. The van der Waals surface area contributed by atoms with E-state index in [2.05, 4.69) is 20.4 Å². The van der Waals surface area contributed by atoms with Crippen molar-refractivity contribution in [1.29, 1.82) is 0 Å². The quantitative estimate of drug-likeness (QED) is 0.576. The van der Waals surface area contributed by atoms with Gasteiger partial charge >= 0.3 is 0 Å². The van der Waals surface area contributed by atoms with Crippen LogP contribution >= 0.6 is 0 Å². The second-order valence-electron chi connectivity index (χ2n) is 2.93. The lowest BCUT2D eigenvalue weighted by molar-refractivity contribution is 0.224. The predicted octanol–water partition coefficient (Wildman–Crippen LogP) is 1.97. The molecule has 0 radical (unpaired) electrons. The first-order valence-corrected chi connectivity index (χ1v) is 3.39. The number of hydrogen-bond donors (Lipinski definition) is 1. The molecule has 1 nitrogen and oxygen atoms in total. The summed E-state index contributed by atoms with van der Waals surface area (Å²) in [6.45, 7) is 9.74. The molecule has 0 rings (SSSR count). The highest BCUT2D eigenvalue weighted by Crippen LogP contribution is 2.11. The summed E-state index contributed by atoms with van der Waals surface area (Å²) >= 11 is 0. The van der Waals surface area contributed by atoms with E-state index < -0.39 is 0 Å². The van der Waals surface area contributed by atoms with Gasteiger partial charge in [-0.25, -0.2) is 0 Å². The van der Waals surface area contributed by atoms with Crippen molar-refractivity contribution in [1.82, 2.24) is 0 Å². The van der Waals surface area contributed by atoms with Gasteiger partial charge in [-0.3, -0.25) is 0 Å². The molecule has 0 fully saturated rings. The molecule has 0 amide bonds. The molecule has 0 spiro atoms. The summed E-state index contributed by atoms with van der Waals surface area (Å²) in [6, 6.07) is 0. The third-order valence-corrected chi connectivity index (χ3v) is 1.26. The first-order valence-electron chi connectivity index (χ1n) is 3.39. The Balaban J connectivity index is 3.51. The van der Waals surface area contributed by atoms with Crippen LogP contribution in [0.25, 0.3) is 0 Å². The first kappa shape index (κ1) is 8.70. The fraction of sp³-hybridized carbons (Fsp3) is 0.750. The lowest BCUT2D eigenvalue weighted by Gasteiger charge is -2.09. The van der Waals surface area contributed by atoms with Gasteiger partial charge in [-0.1, -0.05) is 20.4 Å². The van der Waals surface area contributed by atoms with Crippen molar-refractivity contribution in [3.8, 4) is 0 Å². The van der Waals surface area contributed by atoms with Crippen LogP contribution in [0.4, 0.5) is 0 Å². The minimum absolute atomic E-state index is 0.340. The Kier molecular flexibility index (Phi) is 3.55. The highest BCUT2D eigenvalue weighted by Gasteiger charge is 2.02. The normalized spacial score (nSPS) is 13.9. The van der Waals surface area contributed by atoms with Gasteiger partial charge in [-0.05, 0) is 24.8 Å². The van der Waals surface area contributed by atoms with Gasteiger partial charge < -0.3 is 5.11 Å². The number of aliphatic hydroxyl groups is 1. The largest absolute Gasteiger partial charge is 0.389 e. The zero-order chi connectivity index (χ0) is 7.44. The van der Waals surface area contributed by atoms with Crippen molar-refractivity contribution in [2.45, 2.75) is 33.3 Å². The van der Waals surface area contributed by atoms with Crippen LogP contribution in [-0.2, 0) is 0 Å². The smallest absolute Gasteiger partial charge is 0.0719 e. The number of hydrogen-bond acceptors (Lipinski definition) is 1. The lowest BCUT2D eigenvalue weighted by Crippen LogP contribution is -2.05. The maximum atomic E-state index is 8.97. The maximum absolute atomic E-state index is 8.97. The van der Waals surface area contributed by atoms with Crippen molar-refractivity contribution in [2.75, 3.05) is 0 Å². The third kappa shape index (κ3) is 4.22. The Morgan fingerprint density at radius 2 is 1.89 bits per heavy atom. The molecule has 1 atom stereocenters. The van der Waals surface area contributed by atoms with E-state index in [1.165, 1.54) is 0 Å². The van der Waals surface area contributed by atoms with Crippen molar-refractivity contribution in [2.24, 2.45) is 5.92 Å². The summed E-state index contributed by atoms with van der Waals surface area (Å²) in [5, 5.41) is 8.97. The van der Waals surface area contributed by atoms with E-state index >= 15 is 0 Å². The van der Waals surface area contributed by atoms with Gasteiger partial charge in [0.15, 0.2) is 0 Å². The predicted molar refractivity (Wildman–Crippen MR) is 40.3 cm³/mol. The minimum Gasteiger partial charge on any atom is -0.389 e. The Labute approximate surface area is 57.4 Å². The van der Waals surface area contributed by atoms with Gasteiger partial charge in [0, 0.05) is 0 Å². The van der Waals surface area contributed by atoms with Gasteiger partial charge in [0.25, 0.3) is 0 Å². The molecule has 0 aromatic rings. The fourth-order valence-corrected chi connectivity index (χ4v) is 0.695. The highest BCUT2D eigenvalue weighted by molar-refractivity contribution is 4.99. The Morgan fingerprint density at radius 3 is 2.00 bits per heavy atom. The second kappa shape index (κ2) is 3.67. The molecule has 1 unspecified atom stereocenters. The van der Waals surface area contributed by atoms with Crippen LogP contribution in [0.5, 0.6) is 0 Å². The summed E-state index contributed by atoms with van der Waals surface area (Å²) in [5.41, 5.74) is 0.935. The highest BCUT2D eigenvalue weighted by atomic mass is 16.3. The third-order valence-electron chi connectivity index (χ3n) is 1.26. The van der Waals surface area contributed by atoms with Crippen LogP contribution < -0.4 is 0 Å². The first-order chi connectivity index (χ1) is 4.04. The standard InChI is InChI=1S/C8H16O/c1-6(2)5-7(3)8(4)9/h6,8-9H,3,5H2,1-2,4H3. The molecule has 0 aromatic heterocycles. The topological polar surface area (TPSA) is 20.2 Å². The van der Waals surface area contributed by atoms with Gasteiger partial charge in [-0.15, -0.1) is 0 Å². The minimum atomic E-state index is -0.340.